The number of nitrogens with zero attached hydrogens (tertiary/aromatic N) is 3. The number of nitrogens with one attached hydrogen (secondary N) is 2. The first-order valence-electron chi connectivity index (χ1n) is 8.20. The highest BCUT2D eigenvalue weighted by molar-refractivity contribution is 5.79. The van der Waals surface area contributed by atoms with Gasteiger partial charge in [-0.2, -0.15) is 4.98 Å². The molecule has 0 aliphatic carbocycles. The molecule has 7 heteroatoms. The van der Waals surface area contributed by atoms with Gasteiger partial charge in [-0.15, -0.1) is 5.10 Å². The van der Waals surface area contributed by atoms with Crippen LogP contribution in [0.5, 0.6) is 0 Å². The predicted molar refractivity (Wildman–Crippen MR) is 94.9 cm³/mol. The number of hydrogen-bond acceptors (Lipinski definition) is 5. The molecule has 2 aromatic heterocycles. The van der Waals surface area contributed by atoms with E-state index in [1.165, 1.54) is 7.11 Å². The van der Waals surface area contributed by atoms with Crippen molar-refractivity contribution in [3.05, 3.63) is 72.7 Å². The highest BCUT2D eigenvalue weighted by Gasteiger charge is 2.41. The van der Waals surface area contributed by atoms with E-state index in [0.717, 1.165) is 11.1 Å². The molecule has 0 amide bonds. The fraction of sp³-hybridized carbons (Fsp3) is 0.158. The first-order chi connectivity index (χ1) is 12.7. The van der Waals surface area contributed by atoms with Crippen LogP contribution < -0.4 is 10.3 Å². The number of anilines is 1. The van der Waals surface area contributed by atoms with Crippen LogP contribution in [0, 0.1) is 5.92 Å². The Balaban J connectivity index is 1.87. The lowest BCUT2D eigenvalue weighted by Crippen LogP contribution is -2.37. The smallest absolute Gasteiger partial charge is 0.317 e. The van der Waals surface area contributed by atoms with E-state index in [0.29, 0.717) is 17.5 Å². The lowest BCUT2D eigenvalue weighted by Gasteiger charge is -2.31. The Hall–Kier alpha value is -3.48. The van der Waals surface area contributed by atoms with Gasteiger partial charge in [0.15, 0.2) is 18.2 Å². The number of carbonyl (C=O) groups excluding carboxylic acids is 1. The van der Waals surface area contributed by atoms with Crippen molar-refractivity contribution >= 4 is 11.9 Å². The van der Waals surface area contributed by atoms with E-state index < -0.39 is 12.0 Å². The number of aromatic amines is 1. The normalized spacial score (nSPS) is 18.7. The van der Waals surface area contributed by atoms with Crippen molar-refractivity contribution in [2.75, 3.05) is 12.4 Å². The second-order valence-electron chi connectivity index (χ2n) is 6.00. The number of aromatic nitrogens is 4. The zero-order valence-electron chi connectivity index (χ0n) is 14.2. The molecule has 0 saturated heterocycles. The number of hydrogen-bond donors (Lipinski definition) is 1. The van der Waals surface area contributed by atoms with E-state index in [2.05, 4.69) is 27.0 Å². The maximum absolute atomic E-state index is 12.5. The van der Waals surface area contributed by atoms with E-state index in [9.17, 15) is 4.79 Å². The van der Waals surface area contributed by atoms with Gasteiger partial charge in [-0.05, 0) is 6.07 Å². The lowest BCUT2D eigenvalue weighted by atomic mass is 9.90. The Morgan fingerprint density at radius 3 is 2.77 bits per heavy atom. The summed E-state index contributed by atoms with van der Waals surface area (Å²) in [5.41, 5.74) is 2.32. The van der Waals surface area contributed by atoms with Crippen LogP contribution in [0.1, 0.15) is 11.6 Å². The summed E-state index contributed by atoms with van der Waals surface area (Å²) in [5.74, 6) is 0.131. The minimum atomic E-state index is -0.617. The van der Waals surface area contributed by atoms with Crippen molar-refractivity contribution in [1.82, 2.24) is 14.8 Å². The number of benzene rings is 1. The van der Waals surface area contributed by atoms with E-state index in [1.54, 1.807) is 4.68 Å². The Morgan fingerprint density at radius 1 is 1.27 bits per heavy atom. The third kappa shape index (κ3) is 2.63. The van der Waals surface area contributed by atoms with Crippen LogP contribution in [0.25, 0.3) is 11.4 Å². The van der Waals surface area contributed by atoms with Crippen molar-refractivity contribution in [3.8, 4) is 11.4 Å². The maximum atomic E-state index is 12.5. The largest absolute Gasteiger partial charge is 0.468 e. The molecule has 0 fully saturated rings. The van der Waals surface area contributed by atoms with Crippen molar-refractivity contribution in [2.24, 2.45) is 5.92 Å². The average molecular weight is 348 g/mol. The quantitative estimate of drug-likeness (QED) is 0.733. The Bertz CT molecular complexity index is 953. The zero-order valence-corrected chi connectivity index (χ0v) is 14.2. The molecule has 2 unspecified atom stereocenters. The molecule has 26 heavy (non-hydrogen) atoms. The zero-order chi connectivity index (χ0) is 18.1. The van der Waals surface area contributed by atoms with Gasteiger partial charge in [0, 0.05) is 22.9 Å². The molecule has 0 radical (unpaired) electrons. The van der Waals surface area contributed by atoms with E-state index >= 15 is 0 Å². The SMILES string of the molecule is C=C1Nc2nc(-c3ccccc3)nn2C(c2ccc[nH+]c2)C1C(=O)OC. The van der Waals surface area contributed by atoms with Crippen molar-refractivity contribution in [3.63, 3.8) is 0 Å². The molecular formula is C19H18N5O2+. The van der Waals surface area contributed by atoms with Gasteiger partial charge in [-0.3, -0.25) is 4.79 Å². The van der Waals surface area contributed by atoms with Gasteiger partial charge < -0.3 is 10.1 Å². The van der Waals surface area contributed by atoms with Gasteiger partial charge in [0.1, 0.15) is 12.0 Å². The molecule has 7 nitrogen and oxygen atoms in total. The molecule has 1 aliphatic rings. The number of esters is 1. The monoisotopic (exact) mass is 348 g/mol. The summed E-state index contributed by atoms with van der Waals surface area (Å²) >= 11 is 0. The fourth-order valence-corrected chi connectivity index (χ4v) is 3.19. The number of carbonyl (C=O) groups is 1. The fourth-order valence-electron chi connectivity index (χ4n) is 3.19. The molecule has 2 N–H and O–H groups in total. The van der Waals surface area contributed by atoms with Crippen LogP contribution in [0.3, 0.4) is 0 Å². The minimum absolute atomic E-state index is 0.376. The van der Waals surface area contributed by atoms with Crippen LogP contribution in [-0.4, -0.2) is 27.8 Å². The molecule has 4 rings (SSSR count). The van der Waals surface area contributed by atoms with Gasteiger partial charge in [0.05, 0.1) is 7.11 Å². The summed E-state index contributed by atoms with van der Waals surface area (Å²) in [6.07, 6.45) is 3.65. The van der Waals surface area contributed by atoms with Gasteiger partial charge in [-0.25, -0.2) is 9.67 Å². The third-order valence-electron chi connectivity index (χ3n) is 4.42. The third-order valence-corrected chi connectivity index (χ3v) is 4.42. The topological polar surface area (TPSA) is 83.2 Å². The molecule has 0 saturated carbocycles. The highest BCUT2D eigenvalue weighted by atomic mass is 16.5. The molecule has 1 aromatic carbocycles. The Morgan fingerprint density at radius 2 is 2.08 bits per heavy atom. The summed E-state index contributed by atoms with van der Waals surface area (Å²) in [6, 6.07) is 13.1. The van der Waals surface area contributed by atoms with Crippen LogP contribution >= 0.6 is 0 Å². The molecule has 130 valence electrons. The molecule has 2 atom stereocenters. The number of ether oxygens (including phenoxy) is 1. The molecular weight excluding hydrogens is 330 g/mol. The number of rotatable bonds is 3. The summed E-state index contributed by atoms with van der Waals surface area (Å²) in [6.45, 7) is 4.02. The van der Waals surface area contributed by atoms with E-state index in [4.69, 9.17) is 4.74 Å². The molecule has 1 aliphatic heterocycles. The van der Waals surface area contributed by atoms with Crippen LogP contribution in [0.2, 0.25) is 0 Å². The van der Waals surface area contributed by atoms with Gasteiger partial charge >= 0.3 is 5.97 Å². The number of fused-ring (bicyclic) bond motifs is 1. The number of H-pyrrole nitrogens is 1. The van der Waals surface area contributed by atoms with Crippen molar-refractivity contribution < 1.29 is 14.5 Å². The first kappa shape index (κ1) is 16.0. The van der Waals surface area contributed by atoms with E-state index in [-0.39, 0.29) is 5.97 Å². The summed E-state index contributed by atoms with van der Waals surface area (Å²) in [5, 5.41) is 7.76. The van der Waals surface area contributed by atoms with Gasteiger partial charge in [-0.1, -0.05) is 36.9 Å². The summed E-state index contributed by atoms with van der Waals surface area (Å²) in [7, 11) is 1.37. The second kappa shape index (κ2) is 6.44. The molecule has 0 spiro atoms. The van der Waals surface area contributed by atoms with E-state index in [1.807, 2.05) is 54.9 Å². The standard InChI is InChI=1S/C19H17N5O2/c1-12-15(18(25)26-2)16(14-9-6-10-20-11-14)24-19(21-12)22-17(23-24)13-7-4-3-5-8-13/h3-11,15-16H,1H2,2H3,(H,21,22,23)/p+1. The molecule has 0 bridgehead atoms. The predicted octanol–water partition coefficient (Wildman–Crippen LogP) is 2.08. The number of pyridine rings is 1. The van der Waals surface area contributed by atoms with Gasteiger partial charge in [0.25, 0.3) is 0 Å². The summed E-state index contributed by atoms with van der Waals surface area (Å²) in [4.78, 5) is 20.1. The van der Waals surface area contributed by atoms with Crippen LogP contribution in [0.15, 0.2) is 67.1 Å². The van der Waals surface area contributed by atoms with Crippen molar-refractivity contribution in [1.29, 1.82) is 0 Å². The summed E-state index contributed by atoms with van der Waals surface area (Å²) < 4.78 is 6.73. The molecule has 3 aromatic rings. The first-order valence-corrected chi connectivity index (χ1v) is 8.20. The average Bonchev–Trinajstić information content (AvgIpc) is 3.11. The van der Waals surface area contributed by atoms with Crippen LogP contribution in [0.4, 0.5) is 5.95 Å². The Labute approximate surface area is 150 Å². The maximum Gasteiger partial charge on any atom is 0.317 e. The minimum Gasteiger partial charge on any atom is -0.468 e. The van der Waals surface area contributed by atoms with Crippen LogP contribution in [-0.2, 0) is 9.53 Å². The Kier molecular flexibility index (Phi) is 3.96. The number of methoxy groups -OCH3 is 1. The second-order valence-corrected chi connectivity index (χ2v) is 6.00. The highest BCUT2D eigenvalue weighted by Crippen LogP contribution is 2.38. The molecule has 3 heterocycles. The lowest BCUT2D eigenvalue weighted by molar-refractivity contribution is -0.379. The van der Waals surface area contributed by atoms with Crippen molar-refractivity contribution in [2.45, 2.75) is 6.04 Å². The van der Waals surface area contributed by atoms with Gasteiger partial charge in [0.2, 0.25) is 5.95 Å².